The lowest BCUT2D eigenvalue weighted by atomic mass is 9.62. The third kappa shape index (κ3) is 3.26. The predicted molar refractivity (Wildman–Crippen MR) is 86.9 cm³/mol. The van der Waals surface area contributed by atoms with Crippen LogP contribution in [0.25, 0.3) is 0 Å². The number of fused-ring (bicyclic) bond motifs is 1. The Morgan fingerprint density at radius 3 is 2.57 bits per heavy atom. The van der Waals surface area contributed by atoms with Crippen LogP contribution in [-0.4, -0.2) is 16.5 Å². The lowest BCUT2D eigenvalue weighted by Crippen LogP contribution is -2.39. The number of aliphatic hydroxyl groups is 1. The molecule has 0 aromatic rings. The van der Waals surface area contributed by atoms with E-state index in [9.17, 15) is 9.90 Å². The largest absolute Gasteiger partial charge is 0.390 e. The summed E-state index contributed by atoms with van der Waals surface area (Å²) >= 11 is 0. The normalized spacial score (nSPS) is 36.8. The molecule has 2 fully saturated rings. The third-order valence-electron chi connectivity index (χ3n) is 6.39. The molecule has 21 heavy (non-hydrogen) atoms. The van der Waals surface area contributed by atoms with Gasteiger partial charge in [0, 0.05) is 18.3 Å². The maximum atomic E-state index is 12.2. The Kier molecular flexibility index (Phi) is 4.68. The van der Waals surface area contributed by atoms with Crippen LogP contribution in [0.5, 0.6) is 0 Å². The first-order valence-corrected chi connectivity index (χ1v) is 8.59. The molecule has 0 unspecified atom stereocenters. The summed E-state index contributed by atoms with van der Waals surface area (Å²) in [6, 6.07) is 0. The second kappa shape index (κ2) is 5.87. The molecule has 2 nitrogen and oxygen atoms in total. The van der Waals surface area contributed by atoms with E-state index in [1.54, 1.807) is 0 Å². The molecule has 0 heterocycles. The van der Waals surface area contributed by atoms with Crippen LogP contribution in [0.1, 0.15) is 66.7 Å². The molecule has 0 aromatic carbocycles. The number of Topliss-reactive ketones (excluding diaryl/α,β-unsaturated/α-hetero) is 1. The van der Waals surface area contributed by atoms with Crippen molar-refractivity contribution in [3.05, 3.63) is 12.2 Å². The van der Waals surface area contributed by atoms with Crippen molar-refractivity contribution in [3.63, 3.8) is 0 Å². The zero-order chi connectivity index (χ0) is 15.8. The number of allylic oxidation sites excluding steroid dienone is 1. The molecule has 1 N–H and O–H groups in total. The summed E-state index contributed by atoms with van der Waals surface area (Å²) in [6.07, 6.45) is 9.76. The van der Waals surface area contributed by atoms with Gasteiger partial charge in [0.15, 0.2) is 0 Å². The lowest BCUT2D eigenvalue weighted by Gasteiger charge is -2.41. The molecular formula is C19H32O2. The molecule has 120 valence electrons. The van der Waals surface area contributed by atoms with E-state index in [2.05, 4.69) is 32.9 Å². The van der Waals surface area contributed by atoms with Crippen molar-refractivity contribution in [3.8, 4) is 0 Å². The minimum Gasteiger partial charge on any atom is -0.390 e. The number of carbonyl (C=O) groups is 1. The van der Waals surface area contributed by atoms with Crippen LogP contribution in [0, 0.1) is 29.1 Å². The molecule has 2 rings (SSSR count). The average Bonchev–Trinajstić information content (AvgIpc) is 2.73. The van der Waals surface area contributed by atoms with Crippen molar-refractivity contribution in [2.75, 3.05) is 0 Å². The molecule has 0 saturated heterocycles. The Balaban J connectivity index is 2.08. The summed E-state index contributed by atoms with van der Waals surface area (Å²) in [5.41, 5.74) is -0.462. The molecule has 0 radical (unpaired) electrons. The second-order valence-electron chi connectivity index (χ2n) is 8.25. The fourth-order valence-electron chi connectivity index (χ4n) is 4.55. The van der Waals surface area contributed by atoms with E-state index >= 15 is 0 Å². The van der Waals surface area contributed by atoms with E-state index in [4.69, 9.17) is 0 Å². The van der Waals surface area contributed by atoms with Gasteiger partial charge in [-0.2, -0.15) is 0 Å². The average molecular weight is 292 g/mol. The molecular weight excluding hydrogens is 260 g/mol. The topological polar surface area (TPSA) is 37.3 Å². The first-order valence-electron chi connectivity index (χ1n) is 8.59. The molecule has 2 heteroatoms. The van der Waals surface area contributed by atoms with Gasteiger partial charge in [0.05, 0.1) is 5.60 Å². The summed E-state index contributed by atoms with van der Waals surface area (Å²) in [7, 11) is 0. The minimum atomic E-state index is -0.668. The summed E-state index contributed by atoms with van der Waals surface area (Å²) in [5.74, 6) is 2.05. The van der Waals surface area contributed by atoms with Crippen molar-refractivity contribution in [2.45, 2.75) is 72.3 Å². The van der Waals surface area contributed by atoms with Crippen LogP contribution in [0.4, 0.5) is 0 Å². The van der Waals surface area contributed by atoms with Crippen molar-refractivity contribution >= 4 is 5.78 Å². The van der Waals surface area contributed by atoms with Crippen LogP contribution in [0.3, 0.4) is 0 Å². The van der Waals surface area contributed by atoms with Gasteiger partial charge in [0.25, 0.3) is 0 Å². The number of rotatable bonds is 4. The van der Waals surface area contributed by atoms with E-state index in [1.165, 1.54) is 12.8 Å². The maximum absolute atomic E-state index is 12.2. The predicted octanol–water partition coefficient (Wildman–Crippen LogP) is 4.37. The van der Waals surface area contributed by atoms with E-state index < -0.39 is 5.60 Å². The van der Waals surface area contributed by atoms with Gasteiger partial charge < -0.3 is 5.11 Å². The van der Waals surface area contributed by atoms with Crippen LogP contribution in [0.15, 0.2) is 12.2 Å². The van der Waals surface area contributed by atoms with Gasteiger partial charge in [0.1, 0.15) is 5.78 Å². The fraction of sp³-hybridized carbons (Fsp3) is 0.842. The molecule has 0 aromatic heterocycles. The van der Waals surface area contributed by atoms with E-state index in [-0.39, 0.29) is 11.3 Å². The first kappa shape index (κ1) is 16.7. The number of ketones is 1. The number of carbonyl (C=O) groups excluding carboxylic acids is 1. The standard InChI is InChI=1S/C19H32O2/c1-13(8-9-14(2)18(3,4)21)15-10-11-16-17(20)7-6-12-19(15,16)5/h8-9,13-16,21H,6-7,10-12H2,1-5H3/b9-8+/t13-,14-,15-,16+,19-/m1/s1. The van der Waals surface area contributed by atoms with Crippen molar-refractivity contribution < 1.29 is 9.90 Å². The highest BCUT2D eigenvalue weighted by Gasteiger charge is 2.51. The summed E-state index contributed by atoms with van der Waals surface area (Å²) < 4.78 is 0. The Morgan fingerprint density at radius 2 is 1.95 bits per heavy atom. The molecule has 0 aliphatic heterocycles. The maximum Gasteiger partial charge on any atom is 0.136 e. The SMILES string of the molecule is C[C@H](/C=C/[C@@H](C)C(C)(C)O)[C@H]1CC[C@H]2C(=O)CCC[C@]12C. The first-order chi connectivity index (χ1) is 9.66. The molecule has 2 saturated carbocycles. The van der Waals surface area contributed by atoms with Gasteiger partial charge in [-0.15, -0.1) is 0 Å². The van der Waals surface area contributed by atoms with Crippen LogP contribution in [0.2, 0.25) is 0 Å². The highest BCUT2D eigenvalue weighted by Crippen LogP contribution is 2.56. The van der Waals surface area contributed by atoms with Crippen LogP contribution in [-0.2, 0) is 4.79 Å². The van der Waals surface area contributed by atoms with Crippen molar-refractivity contribution in [2.24, 2.45) is 29.1 Å². The monoisotopic (exact) mass is 292 g/mol. The van der Waals surface area contributed by atoms with Gasteiger partial charge in [-0.1, -0.05) is 32.9 Å². The molecule has 5 atom stereocenters. The van der Waals surface area contributed by atoms with Crippen molar-refractivity contribution in [1.82, 2.24) is 0 Å². The van der Waals surface area contributed by atoms with E-state index in [1.807, 2.05) is 13.8 Å². The summed E-state index contributed by atoms with van der Waals surface area (Å²) in [4.78, 5) is 12.2. The van der Waals surface area contributed by atoms with E-state index in [0.29, 0.717) is 23.5 Å². The van der Waals surface area contributed by atoms with Gasteiger partial charge >= 0.3 is 0 Å². The number of hydrogen-bond acceptors (Lipinski definition) is 2. The van der Waals surface area contributed by atoms with Crippen LogP contribution >= 0.6 is 0 Å². The zero-order valence-electron chi connectivity index (χ0n) is 14.4. The van der Waals surface area contributed by atoms with Gasteiger partial charge in [-0.05, 0) is 56.8 Å². The smallest absolute Gasteiger partial charge is 0.136 e. The van der Waals surface area contributed by atoms with Gasteiger partial charge in [0.2, 0.25) is 0 Å². The molecule has 2 aliphatic carbocycles. The second-order valence-corrected chi connectivity index (χ2v) is 8.25. The van der Waals surface area contributed by atoms with Gasteiger partial charge in [-0.3, -0.25) is 4.79 Å². The Labute approximate surface area is 130 Å². The lowest BCUT2D eigenvalue weighted by molar-refractivity contribution is -0.129. The highest BCUT2D eigenvalue weighted by molar-refractivity contribution is 5.83. The van der Waals surface area contributed by atoms with Crippen molar-refractivity contribution in [1.29, 1.82) is 0 Å². The van der Waals surface area contributed by atoms with E-state index in [0.717, 1.165) is 19.3 Å². The molecule has 2 aliphatic rings. The Hall–Kier alpha value is -0.630. The number of hydrogen-bond donors (Lipinski definition) is 1. The van der Waals surface area contributed by atoms with Crippen LogP contribution < -0.4 is 0 Å². The fourth-order valence-corrected chi connectivity index (χ4v) is 4.55. The quantitative estimate of drug-likeness (QED) is 0.781. The Bertz CT molecular complexity index is 418. The van der Waals surface area contributed by atoms with Gasteiger partial charge in [-0.25, -0.2) is 0 Å². The Morgan fingerprint density at radius 1 is 1.29 bits per heavy atom. The summed E-state index contributed by atoms with van der Waals surface area (Å²) in [5, 5.41) is 10.0. The molecule has 0 spiro atoms. The summed E-state index contributed by atoms with van der Waals surface area (Å²) in [6.45, 7) is 10.4. The molecule has 0 bridgehead atoms. The molecule has 0 amide bonds. The minimum absolute atomic E-state index is 0.151. The zero-order valence-corrected chi connectivity index (χ0v) is 14.4. The highest BCUT2D eigenvalue weighted by atomic mass is 16.3. The third-order valence-corrected chi connectivity index (χ3v) is 6.39.